The van der Waals surface area contributed by atoms with Crippen molar-refractivity contribution in [2.75, 3.05) is 0 Å². The fraction of sp³-hybridized carbons (Fsp3) is 0.0769. The molecule has 0 saturated carbocycles. The number of nitrogens with zero attached hydrogens (tertiary/aromatic N) is 2. The molecular formula is C26H21N2O4P. The van der Waals surface area contributed by atoms with Crippen LogP contribution in [0.25, 0.3) is 21.8 Å². The van der Waals surface area contributed by atoms with Gasteiger partial charge < -0.3 is 13.6 Å². The van der Waals surface area contributed by atoms with Crippen molar-refractivity contribution in [2.24, 2.45) is 0 Å². The molecule has 0 radical (unpaired) electrons. The first-order chi connectivity index (χ1) is 16.0. The Hall–Kier alpha value is -3.89. The molecule has 0 aliphatic carbocycles. The van der Waals surface area contributed by atoms with E-state index in [2.05, 4.69) is 9.97 Å². The Kier molecular flexibility index (Phi) is 5.45. The Morgan fingerprint density at radius 1 is 0.576 bits per heavy atom. The van der Waals surface area contributed by atoms with E-state index in [-0.39, 0.29) is 0 Å². The molecule has 6 nitrogen and oxygen atoms in total. The van der Waals surface area contributed by atoms with Crippen molar-refractivity contribution in [3.8, 4) is 17.2 Å². The molecule has 0 N–H and O–H groups in total. The summed E-state index contributed by atoms with van der Waals surface area (Å²) in [5.74, 6) is 0.967. The summed E-state index contributed by atoms with van der Waals surface area (Å²) in [6, 6.07) is 27.3. The topological polar surface area (TPSA) is 70.5 Å². The molecule has 5 rings (SSSR count). The Balaban J connectivity index is 1.60. The molecule has 5 aromatic rings. The van der Waals surface area contributed by atoms with Crippen LogP contribution in [0.3, 0.4) is 0 Å². The smallest absolute Gasteiger partial charge is 0.386 e. The van der Waals surface area contributed by atoms with Gasteiger partial charge in [-0.15, -0.1) is 0 Å². The van der Waals surface area contributed by atoms with Crippen LogP contribution in [0, 0.1) is 13.8 Å². The molecule has 0 unspecified atom stereocenters. The van der Waals surface area contributed by atoms with Gasteiger partial charge >= 0.3 is 7.82 Å². The van der Waals surface area contributed by atoms with Gasteiger partial charge in [0, 0.05) is 22.2 Å². The van der Waals surface area contributed by atoms with E-state index in [4.69, 9.17) is 13.6 Å². The van der Waals surface area contributed by atoms with E-state index in [0.29, 0.717) is 28.3 Å². The summed E-state index contributed by atoms with van der Waals surface area (Å²) < 4.78 is 31.8. The quantitative estimate of drug-likeness (QED) is 0.255. The monoisotopic (exact) mass is 456 g/mol. The van der Waals surface area contributed by atoms with E-state index in [1.165, 1.54) is 0 Å². The average Bonchev–Trinajstić information content (AvgIpc) is 2.80. The zero-order valence-corrected chi connectivity index (χ0v) is 19.0. The predicted molar refractivity (Wildman–Crippen MR) is 129 cm³/mol. The van der Waals surface area contributed by atoms with Crippen LogP contribution >= 0.6 is 7.82 Å². The Bertz CT molecular complexity index is 1410. The third-order valence-corrected chi connectivity index (χ3v) is 6.30. The number of hydrogen-bond donors (Lipinski definition) is 0. The van der Waals surface area contributed by atoms with E-state index >= 15 is 0 Å². The molecule has 0 fully saturated rings. The third kappa shape index (κ3) is 4.52. The van der Waals surface area contributed by atoms with Gasteiger partial charge in [-0.1, -0.05) is 54.6 Å². The van der Waals surface area contributed by atoms with Gasteiger partial charge in [-0.05, 0) is 50.2 Å². The minimum atomic E-state index is -4.20. The molecule has 0 saturated heterocycles. The maximum Gasteiger partial charge on any atom is 0.647 e. The van der Waals surface area contributed by atoms with Gasteiger partial charge in [0.25, 0.3) is 0 Å². The molecule has 3 aromatic carbocycles. The standard InChI is InChI=1S/C26H21N2O4P/c1-18-14-16-20-8-6-12-23(25(20)27-18)31-33(29,30-22-10-4-3-5-11-22)32-24-13-7-9-21-17-15-19(2)28-26(21)24/h3-17H,1-2H3. The first kappa shape index (κ1) is 21.0. The molecular weight excluding hydrogens is 435 g/mol. The molecule has 0 amide bonds. The summed E-state index contributed by atoms with van der Waals surface area (Å²) in [6.07, 6.45) is 0. The fourth-order valence-electron chi connectivity index (χ4n) is 3.49. The van der Waals surface area contributed by atoms with Gasteiger partial charge in [0.05, 0.1) is 0 Å². The number of aromatic nitrogens is 2. The number of phosphoric ester groups is 1. The zero-order chi connectivity index (χ0) is 22.8. The number of benzene rings is 3. The Morgan fingerprint density at radius 3 is 1.61 bits per heavy atom. The summed E-state index contributed by atoms with van der Waals surface area (Å²) in [5.41, 5.74) is 2.77. The highest BCUT2D eigenvalue weighted by molar-refractivity contribution is 7.49. The van der Waals surface area contributed by atoms with Crippen molar-refractivity contribution in [1.29, 1.82) is 0 Å². The van der Waals surface area contributed by atoms with Gasteiger partial charge in [-0.25, -0.2) is 9.97 Å². The molecule has 2 aromatic heterocycles. The van der Waals surface area contributed by atoms with E-state index < -0.39 is 7.82 Å². The number of aryl methyl sites for hydroxylation is 2. The van der Waals surface area contributed by atoms with E-state index in [1.54, 1.807) is 36.4 Å². The molecule has 2 heterocycles. The van der Waals surface area contributed by atoms with Crippen molar-refractivity contribution >= 4 is 29.6 Å². The second-order valence-corrected chi connectivity index (χ2v) is 9.04. The predicted octanol–water partition coefficient (Wildman–Crippen LogP) is 7.04. The van der Waals surface area contributed by atoms with Crippen molar-refractivity contribution in [3.63, 3.8) is 0 Å². The number of fused-ring (bicyclic) bond motifs is 2. The highest BCUT2D eigenvalue weighted by Crippen LogP contribution is 2.51. The maximum absolute atomic E-state index is 14.1. The fourth-order valence-corrected chi connectivity index (χ4v) is 4.76. The summed E-state index contributed by atoms with van der Waals surface area (Å²) in [5, 5.41) is 1.71. The minimum Gasteiger partial charge on any atom is -0.386 e. The molecule has 0 aliphatic rings. The Morgan fingerprint density at radius 2 is 1.09 bits per heavy atom. The largest absolute Gasteiger partial charge is 0.647 e. The lowest BCUT2D eigenvalue weighted by molar-refractivity contribution is 0.300. The SMILES string of the molecule is Cc1ccc2cccc(OP(=O)(Oc3ccccc3)Oc3cccc4ccc(C)nc34)c2n1. The van der Waals surface area contributed by atoms with Gasteiger partial charge in [0.2, 0.25) is 0 Å². The molecule has 0 aliphatic heterocycles. The van der Waals surface area contributed by atoms with Gasteiger partial charge in [0.15, 0.2) is 11.5 Å². The first-order valence-corrected chi connectivity index (χ1v) is 11.9. The molecule has 0 atom stereocenters. The van der Waals surface area contributed by atoms with Crippen LogP contribution in [0.5, 0.6) is 17.2 Å². The van der Waals surface area contributed by atoms with Crippen LogP contribution in [0.15, 0.2) is 91.0 Å². The van der Waals surface area contributed by atoms with Crippen LogP contribution in [-0.2, 0) is 4.57 Å². The summed E-state index contributed by atoms with van der Waals surface area (Å²) in [7, 11) is -4.20. The lowest BCUT2D eigenvalue weighted by Crippen LogP contribution is -2.08. The first-order valence-electron chi connectivity index (χ1n) is 10.5. The maximum atomic E-state index is 14.1. The number of hydrogen-bond acceptors (Lipinski definition) is 6. The van der Waals surface area contributed by atoms with Crippen molar-refractivity contribution < 1.29 is 18.1 Å². The number of rotatable bonds is 6. The van der Waals surface area contributed by atoms with Crippen molar-refractivity contribution in [3.05, 3.63) is 102 Å². The molecule has 7 heteroatoms. The highest BCUT2D eigenvalue weighted by atomic mass is 31.2. The lowest BCUT2D eigenvalue weighted by atomic mass is 10.2. The normalized spacial score (nSPS) is 11.5. The number of para-hydroxylation sites is 3. The van der Waals surface area contributed by atoms with Crippen LogP contribution < -0.4 is 13.6 Å². The van der Waals surface area contributed by atoms with E-state index in [0.717, 1.165) is 22.2 Å². The van der Waals surface area contributed by atoms with Crippen LogP contribution in [0.2, 0.25) is 0 Å². The highest BCUT2D eigenvalue weighted by Gasteiger charge is 2.35. The average molecular weight is 456 g/mol. The molecule has 33 heavy (non-hydrogen) atoms. The summed E-state index contributed by atoms with van der Waals surface area (Å²) in [4.78, 5) is 9.13. The van der Waals surface area contributed by atoms with Crippen LogP contribution in [0.4, 0.5) is 0 Å². The Labute approximate surface area is 191 Å². The number of phosphoric acid groups is 1. The number of pyridine rings is 2. The van der Waals surface area contributed by atoms with Gasteiger partial charge in [0.1, 0.15) is 16.8 Å². The van der Waals surface area contributed by atoms with E-state index in [1.807, 2.05) is 68.4 Å². The summed E-state index contributed by atoms with van der Waals surface area (Å²) in [6.45, 7) is 3.77. The van der Waals surface area contributed by atoms with Crippen molar-refractivity contribution in [1.82, 2.24) is 9.97 Å². The second kappa shape index (κ2) is 8.57. The summed E-state index contributed by atoms with van der Waals surface area (Å²) >= 11 is 0. The van der Waals surface area contributed by atoms with E-state index in [9.17, 15) is 4.57 Å². The minimum absolute atomic E-state index is 0.305. The van der Waals surface area contributed by atoms with Crippen molar-refractivity contribution in [2.45, 2.75) is 13.8 Å². The third-order valence-electron chi connectivity index (χ3n) is 5.03. The molecule has 164 valence electrons. The van der Waals surface area contributed by atoms with Crippen LogP contribution in [-0.4, -0.2) is 9.97 Å². The molecule has 0 bridgehead atoms. The lowest BCUT2D eigenvalue weighted by Gasteiger charge is -2.20. The zero-order valence-electron chi connectivity index (χ0n) is 18.1. The molecule has 0 spiro atoms. The van der Waals surface area contributed by atoms with Gasteiger partial charge in [-0.3, -0.25) is 0 Å². The van der Waals surface area contributed by atoms with Crippen LogP contribution in [0.1, 0.15) is 11.4 Å². The second-order valence-electron chi connectivity index (χ2n) is 7.60. The van der Waals surface area contributed by atoms with Gasteiger partial charge in [-0.2, -0.15) is 4.57 Å².